The van der Waals surface area contributed by atoms with E-state index in [2.05, 4.69) is 10.3 Å². The largest absolute Gasteiger partial charge is 0.464 e. The van der Waals surface area contributed by atoms with E-state index >= 15 is 0 Å². The van der Waals surface area contributed by atoms with Gasteiger partial charge in [0.1, 0.15) is 5.82 Å². The standard InChI is InChI=1S/C14H16ClN3O2/c1-20-14(19)12-11-8-10(15)4-7-18(11)13(17-12)9-2-5-16-6-3-9/h4,7-9,16H,2-3,5-6H2,1H3. The number of piperidine rings is 1. The molecule has 1 fully saturated rings. The maximum absolute atomic E-state index is 11.9. The molecule has 2 aromatic rings. The van der Waals surface area contributed by atoms with Crippen molar-refractivity contribution in [1.82, 2.24) is 14.7 Å². The van der Waals surface area contributed by atoms with Gasteiger partial charge in [0.2, 0.25) is 0 Å². The Morgan fingerprint density at radius 3 is 2.95 bits per heavy atom. The zero-order chi connectivity index (χ0) is 14.1. The molecule has 2 aromatic heterocycles. The van der Waals surface area contributed by atoms with Crippen molar-refractivity contribution < 1.29 is 9.53 Å². The van der Waals surface area contributed by atoms with Crippen LogP contribution in [0.2, 0.25) is 5.02 Å². The number of nitrogens with one attached hydrogen (secondary N) is 1. The molecule has 5 nitrogen and oxygen atoms in total. The topological polar surface area (TPSA) is 55.6 Å². The lowest BCUT2D eigenvalue weighted by atomic mass is 9.97. The number of hydrogen-bond donors (Lipinski definition) is 1. The van der Waals surface area contributed by atoms with Gasteiger partial charge in [-0.1, -0.05) is 11.6 Å². The Morgan fingerprint density at radius 1 is 1.50 bits per heavy atom. The van der Waals surface area contributed by atoms with Crippen molar-refractivity contribution in [2.75, 3.05) is 20.2 Å². The fourth-order valence-electron chi connectivity index (χ4n) is 2.70. The maximum Gasteiger partial charge on any atom is 0.358 e. The number of hydrogen-bond acceptors (Lipinski definition) is 4. The molecule has 3 rings (SSSR count). The lowest BCUT2D eigenvalue weighted by Crippen LogP contribution is -2.27. The summed E-state index contributed by atoms with van der Waals surface area (Å²) in [5.41, 5.74) is 1.04. The Labute approximate surface area is 121 Å². The molecule has 0 radical (unpaired) electrons. The minimum absolute atomic E-state index is 0.337. The van der Waals surface area contributed by atoms with Crippen molar-refractivity contribution in [2.24, 2.45) is 0 Å². The first-order valence-corrected chi connectivity index (χ1v) is 7.05. The van der Waals surface area contributed by atoms with E-state index in [0.717, 1.165) is 31.8 Å². The number of ether oxygens (including phenoxy) is 1. The highest BCUT2D eigenvalue weighted by Gasteiger charge is 2.24. The number of pyridine rings is 1. The first-order valence-electron chi connectivity index (χ1n) is 6.67. The number of carbonyl (C=O) groups excluding carboxylic acids is 1. The number of rotatable bonds is 2. The van der Waals surface area contributed by atoms with Crippen LogP contribution in [0.1, 0.15) is 35.1 Å². The molecule has 106 valence electrons. The third-order valence-corrected chi connectivity index (χ3v) is 3.95. The lowest BCUT2D eigenvalue weighted by Gasteiger charge is -2.21. The van der Waals surface area contributed by atoms with Gasteiger partial charge in [-0.05, 0) is 38.1 Å². The van der Waals surface area contributed by atoms with Crippen LogP contribution < -0.4 is 5.32 Å². The summed E-state index contributed by atoms with van der Waals surface area (Å²) in [5, 5.41) is 3.92. The summed E-state index contributed by atoms with van der Waals surface area (Å²) in [4.78, 5) is 16.4. The second-order valence-electron chi connectivity index (χ2n) is 4.93. The zero-order valence-electron chi connectivity index (χ0n) is 11.2. The number of aromatic nitrogens is 2. The third-order valence-electron chi connectivity index (χ3n) is 3.72. The average molecular weight is 294 g/mol. The summed E-state index contributed by atoms with van der Waals surface area (Å²) in [7, 11) is 1.36. The van der Waals surface area contributed by atoms with Gasteiger partial charge in [-0.3, -0.25) is 0 Å². The van der Waals surface area contributed by atoms with E-state index in [-0.39, 0.29) is 0 Å². The third kappa shape index (κ3) is 2.27. The van der Waals surface area contributed by atoms with Crippen molar-refractivity contribution in [3.63, 3.8) is 0 Å². The Balaban J connectivity index is 2.14. The highest BCUT2D eigenvalue weighted by molar-refractivity contribution is 6.31. The van der Waals surface area contributed by atoms with Crippen LogP contribution in [-0.2, 0) is 4.74 Å². The van der Waals surface area contributed by atoms with Gasteiger partial charge in [0.25, 0.3) is 0 Å². The molecule has 0 bridgehead atoms. The molecule has 0 spiro atoms. The number of esters is 1. The van der Waals surface area contributed by atoms with Gasteiger partial charge in [-0.25, -0.2) is 9.78 Å². The van der Waals surface area contributed by atoms with Crippen LogP contribution in [0.25, 0.3) is 5.52 Å². The first-order chi connectivity index (χ1) is 9.70. The lowest BCUT2D eigenvalue weighted by molar-refractivity contribution is 0.0596. The fourth-order valence-corrected chi connectivity index (χ4v) is 2.86. The molecule has 0 amide bonds. The van der Waals surface area contributed by atoms with Crippen molar-refractivity contribution in [1.29, 1.82) is 0 Å². The summed E-state index contributed by atoms with van der Waals surface area (Å²) in [6, 6.07) is 3.56. The van der Waals surface area contributed by atoms with Crippen molar-refractivity contribution in [3.05, 3.63) is 34.9 Å². The van der Waals surface area contributed by atoms with Crippen molar-refractivity contribution >= 4 is 23.1 Å². The molecule has 1 aliphatic heterocycles. The van der Waals surface area contributed by atoms with Crippen LogP contribution in [0.15, 0.2) is 18.3 Å². The second kappa shape index (κ2) is 5.42. The van der Waals surface area contributed by atoms with E-state index in [9.17, 15) is 4.79 Å². The van der Waals surface area contributed by atoms with Crippen LogP contribution in [-0.4, -0.2) is 35.6 Å². The van der Waals surface area contributed by atoms with Gasteiger partial charge in [-0.2, -0.15) is 0 Å². The molecule has 0 atom stereocenters. The van der Waals surface area contributed by atoms with Gasteiger partial charge in [-0.15, -0.1) is 0 Å². The van der Waals surface area contributed by atoms with E-state index in [1.54, 1.807) is 6.07 Å². The van der Waals surface area contributed by atoms with E-state index in [4.69, 9.17) is 16.3 Å². The summed E-state index contributed by atoms with van der Waals surface area (Å²) >= 11 is 6.03. The number of halogens is 1. The van der Waals surface area contributed by atoms with Crippen LogP contribution in [0.3, 0.4) is 0 Å². The molecule has 3 heterocycles. The molecule has 1 aliphatic rings. The van der Waals surface area contributed by atoms with E-state index in [1.165, 1.54) is 7.11 Å². The molecule has 6 heteroatoms. The van der Waals surface area contributed by atoms with Crippen molar-refractivity contribution in [3.8, 4) is 0 Å². The van der Waals surface area contributed by atoms with Crippen LogP contribution in [0, 0.1) is 0 Å². The number of methoxy groups -OCH3 is 1. The summed E-state index contributed by atoms with van der Waals surface area (Å²) < 4.78 is 6.77. The highest BCUT2D eigenvalue weighted by Crippen LogP contribution is 2.28. The van der Waals surface area contributed by atoms with E-state index < -0.39 is 5.97 Å². The Hall–Kier alpha value is -1.59. The number of fused-ring (bicyclic) bond motifs is 1. The van der Waals surface area contributed by atoms with E-state index in [1.807, 2.05) is 16.7 Å². The fraction of sp³-hybridized carbons (Fsp3) is 0.429. The number of nitrogens with zero attached hydrogens (tertiary/aromatic N) is 2. The average Bonchev–Trinajstić information content (AvgIpc) is 2.86. The molecule has 0 aromatic carbocycles. The molecule has 1 saturated heterocycles. The predicted molar refractivity (Wildman–Crippen MR) is 76.4 cm³/mol. The number of imidazole rings is 1. The molecular weight excluding hydrogens is 278 g/mol. The van der Waals surface area contributed by atoms with Crippen LogP contribution >= 0.6 is 11.6 Å². The Bertz CT molecular complexity index is 647. The van der Waals surface area contributed by atoms with Crippen molar-refractivity contribution in [2.45, 2.75) is 18.8 Å². The molecule has 0 unspecified atom stereocenters. The molecule has 0 aliphatic carbocycles. The Morgan fingerprint density at radius 2 is 2.25 bits per heavy atom. The number of carbonyl (C=O) groups is 1. The summed E-state index contributed by atoms with van der Waals surface area (Å²) in [5.74, 6) is 0.840. The van der Waals surface area contributed by atoms with Gasteiger partial charge < -0.3 is 14.5 Å². The molecule has 20 heavy (non-hydrogen) atoms. The minimum atomic E-state index is -0.426. The second-order valence-corrected chi connectivity index (χ2v) is 5.37. The molecule has 1 N–H and O–H groups in total. The normalized spacial score (nSPS) is 16.5. The SMILES string of the molecule is COC(=O)c1nc(C2CCNCC2)n2ccc(Cl)cc12. The minimum Gasteiger partial charge on any atom is -0.464 e. The van der Waals surface area contributed by atoms with E-state index in [0.29, 0.717) is 22.2 Å². The van der Waals surface area contributed by atoms with Gasteiger partial charge in [0.15, 0.2) is 5.69 Å². The molecule has 0 saturated carbocycles. The molecular formula is C14H16ClN3O2. The summed E-state index contributed by atoms with van der Waals surface area (Å²) in [6.07, 6.45) is 3.90. The van der Waals surface area contributed by atoms with Gasteiger partial charge in [0, 0.05) is 17.1 Å². The maximum atomic E-state index is 11.9. The quantitative estimate of drug-likeness (QED) is 0.863. The van der Waals surface area contributed by atoms with Crippen LogP contribution in [0.4, 0.5) is 0 Å². The zero-order valence-corrected chi connectivity index (χ0v) is 12.0. The smallest absolute Gasteiger partial charge is 0.358 e. The monoisotopic (exact) mass is 293 g/mol. The predicted octanol–water partition coefficient (Wildman–Crippen LogP) is 2.24. The Kier molecular flexibility index (Phi) is 3.63. The highest BCUT2D eigenvalue weighted by atomic mass is 35.5. The van der Waals surface area contributed by atoms with Gasteiger partial charge >= 0.3 is 5.97 Å². The summed E-state index contributed by atoms with van der Waals surface area (Å²) in [6.45, 7) is 1.95. The first kappa shape index (κ1) is 13.4. The van der Waals surface area contributed by atoms with Crippen LogP contribution in [0.5, 0.6) is 0 Å². The van der Waals surface area contributed by atoms with Gasteiger partial charge in [0.05, 0.1) is 12.6 Å².